The molecular weight excluding hydrogens is 455 g/mol. The third kappa shape index (κ3) is 3.90. The molecule has 0 aliphatic heterocycles. The van der Waals surface area contributed by atoms with Crippen molar-refractivity contribution >= 4 is 22.6 Å². The highest BCUT2D eigenvalue weighted by atomic mass is 127. The van der Waals surface area contributed by atoms with E-state index >= 15 is 0 Å². The SMILES string of the molecule is CC(C)(C)c1ccc(-c2cc(-c3ccc(I)cc3)nn2-c2ccccc2)cc1. The molecule has 4 rings (SSSR count). The van der Waals surface area contributed by atoms with Gasteiger partial charge in [0.15, 0.2) is 0 Å². The first-order valence-corrected chi connectivity index (χ1v) is 10.5. The molecule has 4 aromatic rings. The van der Waals surface area contributed by atoms with Crippen LogP contribution in [-0.4, -0.2) is 9.78 Å². The molecule has 28 heavy (non-hydrogen) atoms. The molecule has 0 aliphatic rings. The van der Waals surface area contributed by atoms with Crippen LogP contribution >= 0.6 is 22.6 Å². The maximum Gasteiger partial charge on any atom is 0.0934 e. The van der Waals surface area contributed by atoms with E-state index in [-0.39, 0.29) is 5.41 Å². The second-order valence-corrected chi connectivity index (χ2v) is 9.24. The third-order valence-corrected chi connectivity index (χ3v) is 5.62. The van der Waals surface area contributed by atoms with Crippen LogP contribution < -0.4 is 0 Å². The molecule has 2 nitrogen and oxygen atoms in total. The van der Waals surface area contributed by atoms with Crippen molar-refractivity contribution in [1.82, 2.24) is 9.78 Å². The number of hydrogen-bond donors (Lipinski definition) is 0. The summed E-state index contributed by atoms with van der Waals surface area (Å²) in [5.74, 6) is 0. The standard InChI is InChI=1S/C25H23IN2/c1-25(2,3)20-13-9-19(10-14-20)24-17-23(18-11-15-21(26)16-12-18)27-28(24)22-7-5-4-6-8-22/h4-17H,1-3H3. The quantitative estimate of drug-likeness (QED) is 0.287. The second kappa shape index (κ2) is 7.55. The van der Waals surface area contributed by atoms with E-state index in [0.717, 1.165) is 22.6 Å². The second-order valence-electron chi connectivity index (χ2n) is 8.00. The molecule has 0 spiro atoms. The molecule has 0 fully saturated rings. The van der Waals surface area contributed by atoms with Crippen LogP contribution in [0.5, 0.6) is 0 Å². The third-order valence-electron chi connectivity index (χ3n) is 4.90. The van der Waals surface area contributed by atoms with Crippen LogP contribution in [0.25, 0.3) is 28.2 Å². The largest absolute Gasteiger partial charge is 0.232 e. The van der Waals surface area contributed by atoms with Gasteiger partial charge in [0.05, 0.1) is 17.1 Å². The molecule has 0 aliphatic carbocycles. The predicted molar refractivity (Wildman–Crippen MR) is 126 cm³/mol. The van der Waals surface area contributed by atoms with Crippen LogP contribution in [0.3, 0.4) is 0 Å². The first-order valence-electron chi connectivity index (χ1n) is 9.44. The van der Waals surface area contributed by atoms with Crippen molar-refractivity contribution in [3.63, 3.8) is 0 Å². The van der Waals surface area contributed by atoms with Gasteiger partial charge in [-0.05, 0) is 63.9 Å². The van der Waals surface area contributed by atoms with Gasteiger partial charge in [0.25, 0.3) is 0 Å². The topological polar surface area (TPSA) is 17.8 Å². The van der Waals surface area contributed by atoms with Gasteiger partial charge >= 0.3 is 0 Å². The van der Waals surface area contributed by atoms with Crippen molar-refractivity contribution < 1.29 is 0 Å². The highest BCUT2D eigenvalue weighted by Gasteiger charge is 2.16. The van der Waals surface area contributed by atoms with Gasteiger partial charge in [0.1, 0.15) is 0 Å². The predicted octanol–water partition coefficient (Wildman–Crippen LogP) is 7.11. The summed E-state index contributed by atoms with van der Waals surface area (Å²) in [7, 11) is 0. The van der Waals surface area contributed by atoms with Gasteiger partial charge in [-0.15, -0.1) is 0 Å². The zero-order chi connectivity index (χ0) is 19.7. The summed E-state index contributed by atoms with van der Waals surface area (Å²) in [5, 5.41) is 4.94. The number of benzene rings is 3. The molecule has 3 aromatic carbocycles. The smallest absolute Gasteiger partial charge is 0.0934 e. The van der Waals surface area contributed by atoms with Gasteiger partial charge in [-0.25, -0.2) is 4.68 Å². The van der Waals surface area contributed by atoms with Crippen LogP contribution in [0.15, 0.2) is 84.9 Å². The average Bonchev–Trinajstić information content (AvgIpc) is 3.14. The Morgan fingerprint density at radius 3 is 1.96 bits per heavy atom. The summed E-state index contributed by atoms with van der Waals surface area (Å²) in [6.45, 7) is 6.72. The van der Waals surface area contributed by atoms with E-state index in [1.165, 1.54) is 14.7 Å². The summed E-state index contributed by atoms with van der Waals surface area (Å²) in [6, 6.07) is 29.9. The monoisotopic (exact) mass is 478 g/mol. The fourth-order valence-corrected chi connectivity index (χ4v) is 3.62. The summed E-state index contributed by atoms with van der Waals surface area (Å²) >= 11 is 2.33. The molecule has 0 amide bonds. The number of aromatic nitrogens is 2. The lowest BCUT2D eigenvalue weighted by molar-refractivity contribution is 0.590. The normalized spacial score (nSPS) is 11.6. The molecule has 1 heterocycles. The minimum atomic E-state index is 0.143. The molecule has 3 heteroatoms. The fourth-order valence-electron chi connectivity index (χ4n) is 3.26. The summed E-state index contributed by atoms with van der Waals surface area (Å²) in [6.07, 6.45) is 0. The molecule has 0 saturated heterocycles. The Morgan fingerprint density at radius 2 is 1.36 bits per heavy atom. The molecule has 0 bridgehead atoms. The van der Waals surface area contributed by atoms with Crippen molar-refractivity contribution in [2.45, 2.75) is 26.2 Å². The first kappa shape index (κ1) is 18.9. The van der Waals surface area contributed by atoms with Crippen LogP contribution in [0, 0.1) is 3.57 Å². The average molecular weight is 478 g/mol. The number of halogens is 1. The van der Waals surface area contributed by atoms with Crippen LogP contribution in [-0.2, 0) is 5.41 Å². The zero-order valence-corrected chi connectivity index (χ0v) is 18.5. The van der Waals surface area contributed by atoms with Crippen LogP contribution in [0.2, 0.25) is 0 Å². The van der Waals surface area contributed by atoms with E-state index in [4.69, 9.17) is 5.10 Å². The molecular formula is C25H23IN2. The Bertz CT molecular complexity index is 1070. The van der Waals surface area contributed by atoms with E-state index in [0.29, 0.717) is 0 Å². The Kier molecular flexibility index (Phi) is 5.11. The maximum atomic E-state index is 4.94. The highest BCUT2D eigenvalue weighted by Crippen LogP contribution is 2.31. The Balaban J connectivity index is 1.84. The van der Waals surface area contributed by atoms with Crippen molar-refractivity contribution in [3.05, 3.63) is 94.1 Å². The Labute approximate surface area is 180 Å². The lowest BCUT2D eigenvalue weighted by Crippen LogP contribution is -2.10. The Hall–Kier alpha value is -2.40. The van der Waals surface area contributed by atoms with Crippen molar-refractivity contribution in [2.75, 3.05) is 0 Å². The number of para-hydroxylation sites is 1. The van der Waals surface area contributed by atoms with Crippen molar-refractivity contribution in [2.24, 2.45) is 0 Å². The van der Waals surface area contributed by atoms with Crippen LogP contribution in [0.4, 0.5) is 0 Å². The molecule has 0 saturated carbocycles. The van der Waals surface area contributed by atoms with E-state index in [1.54, 1.807) is 0 Å². The van der Waals surface area contributed by atoms with Gasteiger partial charge in [-0.1, -0.05) is 75.4 Å². The molecule has 0 unspecified atom stereocenters. The first-order chi connectivity index (χ1) is 13.4. The summed E-state index contributed by atoms with van der Waals surface area (Å²) in [4.78, 5) is 0. The molecule has 140 valence electrons. The van der Waals surface area contributed by atoms with Gasteiger partial charge in [0, 0.05) is 14.7 Å². The Morgan fingerprint density at radius 1 is 0.750 bits per heavy atom. The minimum absolute atomic E-state index is 0.143. The van der Waals surface area contributed by atoms with Crippen molar-refractivity contribution in [3.8, 4) is 28.2 Å². The lowest BCUT2D eigenvalue weighted by Gasteiger charge is -2.19. The highest BCUT2D eigenvalue weighted by molar-refractivity contribution is 14.1. The molecule has 0 radical (unpaired) electrons. The summed E-state index contributed by atoms with van der Waals surface area (Å²) in [5.41, 5.74) is 6.91. The number of rotatable bonds is 3. The summed E-state index contributed by atoms with van der Waals surface area (Å²) < 4.78 is 3.26. The number of nitrogens with zero attached hydrogens (tertiary/aromatic N) is 2. The van der Waals surface area contributed by atoms with Crippen molar-refractivity contribution in [1.29, 1.82) is 0 Å². The lowest BCUT2D eigenvalue weighted by atomic mass is 9.86. The van der Waals surface area contributed by atoms with E-state index < -0.39 is 0 Å². The maximum absolute atomic E-state index is 4.94. The minimum Gasteiger partial charge on any atom is -0.232 e. The molecule has 0 N–H and O–H groups in total. The van der Waals surface area contributed by atoms with E-state index in [2.05, 4.69) is 110 Å². The van der Waals surface area contributed by atoms with Gasteiger partial charge < -0.3 is 0 Å². The fraction of sp³-hybridized carbons (Fsp3) is 0.160. The van der Waals surface area contributed by atoms with E-state index in [1.807, 2.05) is 22.9 Å². The zero-order valence-electron chi connectivity index (χ0n) is 16.4. The number of hydrogen-bond acceptors (Lipinski definition) is 1. The van der Waals surface area contributed by atoms with Crippen LogP contribution in [0.1, 0.15) is 26.3 Å². The van der Waals surface area contributed by atoms with Gasteiger partial charge in [0.2, 0.25) is 0 Å². The van der Waals surface area contributed by atoms with Gasteiger partial charge in [-0.3, -0.25) is 0 Å². The molecule has 0 atom stereocenters. The molecule has 1 aromatic heterocycles. The van der Waals surface area contributed by atoms with E-state index in [9.17, 15) is 0 Å². The van der Waals surface area contributed by atoms with Gasteiger partial charge in [-0.2, -0.15) is 5.10 Å².